The molecule has 8 nitrogen and oxygen atoms in total. The van der Waals surface area contributed by atoms with Crippen LogP contribution in [0.25, 0.3) is 11.3 Å². The van der Waals surface area contributed by atoms with Crippen molar-refractivity contribution < 1.29 is 33.1 Å². The van der Waals surface area contributed by atoms with Gasteiger partial charge in [-0.05, 0) is 57.4 Å². The lowest BCUT2D eigenvalue weighted by molar-refractivity contribution is -0.118. The number of aromatic nitrogens is 1. The molecule has 0 spiro atoms. The van der Waals surface area contributed by atoms with E-state index < -0.39 is 40.7 Å². The molecule has 2 heterocycles. The standard InChI is InChI=1S/C29H32BrF2N3O5/c1-16(36)33-13-11-17-7-5-6-8-19(17)24-23(30)25(40-34-24)22-26(28(2,3)4)35(27(37)38)14-12-29(22,39)18-9-10-20(31)21(32)15-18/h5-10,15,22,26,39H,11-14H2,1-4H3,(H,33,36)(H,37,38)/t22-,26?,29-/m0/s1. The minimum absolute atomic E-state index is 0.0339. The summed E-state index contributed by atoms with van der Waals surface area (Å²) in [5.41, 5.74) is -0.376. The van der Waals surface area contributed by atoms with Gasteiger partial charge in [0.05, 0.1) is 16.4 Å². The van der Waals surface area contributed by atoms with Gasteiger partial charge in [0.15, 0.2) is 17.4 Å². The molecule has 1 aliphatic heterocycles. The van der Waals surface area contributed by atoms with Gasteiger partial charge < -0.3 is 25.0 Å². The van der Waals surface area contributed by atoms with Crippen molar-refractivity contribution in [1.29, 1.82) is 0 Å². The molecule has 214 valence electrons. The van der Waals surface area contributed by atoms with Crippen molar-refractivity contribution in [3.63, 3.8) is 0 Å². The summed E-state index contributed by atoms with van der Waals surface area (Å²) in [4.78, 5) is 25.0. The minimum atomic E-state index is -1.82. The first-order chi connectivity index (χ1) is 18.8. The number of carboxylic acid groups (broad SMARTS) is 1. The number of carbonyl (C=O) groups is 2. The van der Waals surface area contributed by atoms with Crippen LogP contribution in [0.5, 0.6) is 0 Å². The summed E-state index contributed by atoms with van der Waals surface area (Å²) >= 11 is 3.61. The van der Waals surface area contributed by atoms with E-state index in [0.29, 0.717) is 23.1 Å². The molecule has 0 aliphatic carbocycles. The first-order valence-electron chi connectivity index (χ1n) is 12.9. The van der Waals surface area contributed by atoms with Crippen LogP contribution in [0.2, 0.25) is 0 Å². The number of likely N-dealkylation sites (tertiary alicyclic amines) is 1. The third kappa shape index (κ3) is 5.62. The predicted molar refractivity (Wildman–Crippen MR) is 148 cm³/mol. The van der Waals surface area contributed by atoms with Crippen molar-refractivity contribution in [2.45, 2.75) is 58.1 Å². The largest absolute Gasteiger partial charge is 0.465 e. The molecule has 2 amide bonds. The number of carbonyl (C=O) groups excluding carboxylic acids is 1. The maximum Gasteiger partial charge on any atom is 0.407 e. The number of aliphatic hydroxyl groups is 1. The highest BCUT2D eigenvalue weighted by molar-refractivity contribution is 9.10. The number of hydrogen-bond donors (Lipinski definition) is 3. The second-order valence-electron chi connectivity index (χ2n) is 11.2. The molecular weight excluding hydrogens is 588 g/mol. The van der Waals surface area contributed by atoms with Crippen LogP contribution >= 0.6 is 15.9 Å². The Kier molecular flexibility index (Phi) is 8.37. The first-order valence-corrected chi connectivity index (χ1v) is 13.7. The van der Waals surface area contributed by atoms with Gasteiger partial charge in [-0.2, -0.15) is 0 Å². The Morgan fingerprint density at radius 2 is 1.90 bits per heavy atom. The van der Waals surface area contributed by atoms with Crippen molar-refractivity contribution in [3.05, 3.63) is 75.5 Å². The normalized spacial score (nSPS) is 21.4. The fourth-order valence-corrected chi connectivity index (χ4v) is 6.26. The number of rotatable bonds is 6. The highest BCUT2D eigenvalue weighted by atomic mass is 79.9. The van der Waals surface area contributed by atoms with Crippen LogP contribution in [0.4, 0.5) is 13.6 Å². The molecule has 0 radical (unpaired) electrons. The van der Waals surface area contributed by atoms with Crippen LogP contribution in [-0.2, 0) is 16.8 Å². The lowest BCUT2D eigenvalue weighted by Crippen LogP contribution is -2.60. The summed E-state index contributed by atoms with van der Waals surface area (Å²) in [5.74, 6) is -3.18. The monoisotopic (exact) mass is 619 g/mol. The molecule has 1 aliphatic rings. The van der Waals surface area contributed by atoms with Gasteiger partial charge in [0.25, 0.3) is 0 Å². The Bertz CT molecular complexity index is 1420. The summed E-state index contributed by atoms with van der Waals surface area (Å²) < 4.78 is 34.6. The zero-order chi connectivity index (χ0) is 29.4. The molecule has 1 unspecified atom stereocenters. The van der Waals surface area contributed by atoms with E-state index in [4.69, 9.17) is 4.52 Å². The molecule has 1 saturated heterocycles. The number of benzene rings is 2. The van der Waals surface area contributed by atoms with E-state index in [-0.39, 0.29) is 30.2 Å². The zero-order valence-electron chi connectivity index (χ0n) is 22.7. The van der Waals surface area contributed by atoms with Crippen molar-refractivity contribution >= 4 is 27.9 Å². The second-order valence-corrected chi connectivity index (χ2v) is 12.0. The minimum Gasteiger partial charge on any atom is -0.465 e. The van der Waals surface area contributed by atoms with E-state index in [9.17, 15) is 28.6 Å². The van der Waals surface area contributed by atoms with Gasteiger partial charge in [-0.15, -0.1) is 0 Å². The van der Waals surface area contributed by atoms with Crippen LogP contribution in [-0.4, -0.2) is 51.4 Å². The van der Waals surface area contributed by atoms with Gasteiger partial charge >= 0.3 is 6.09 Å². The van der Waals surface area contributed by atoms with Crippen LogP contribution in [0.15, 0.2) is 51.5 Å². The van der Waals surface area contributed by atoms with E-state index in [0.717, 1.165) is 23.3 Å². The topological polar surface area (TPSA) is 116 Å². The molecule has 0 bridgehead atoms. The van der Waals surface area contributed by atoms with E-state index in [1.54, 1.807) is 0 Å². The maximum atomic E-state index is 14.4. The highest BCUT2D eigenvalue weighted by Gasteiger charge is 2.56. The molecule has 11 heteroatoms. The summed E-state index contributed by atoms with van der Waals surface area (Å²) in [5, 5.41) is 29.5. The molecule has 3 atom stereocenters. The van der Waals surface area contributed by atoms with E-state index >= 15 is 0 Å². The Balaban J connectivity index is 1.89. The highest BCUT2D eigenvalue weighted by Crippen LogP contribution is 2.54. The maximum absolute atomic E-state index is 14.4. The molecular formula is C29H32BrF2N3O5. The fourth-order valence-electron chi connectivity index (χ4n) is 5.65. The van der Waals surface area contributed by atoms with Crippen molar-refractivity contribution in [3.8, 4) is 11.3 Å². The molecule has 1 aromatic heterocycles. The smallest absolute Gasteiger partial charge is 0.407 e. The molecule has 3 N–H and O–H groups in total. The average Bonchev–Trinajstić information content (AvgIpc) is 3.25. The summed E-state index contributed by atoms with van der Waals surface area (Å²) in [7, 11) is 0. The number of nitrogens with one attached hydrogen (secondary N) is 1. The Hall–Kier alpha value is -3.31. The first kappa shape index (κ1) is 29.7. The summed E-state index contributed by atoms with van der Waals surface area (Å²) in [6.45, 7) is 7.36. The van der Waals surface area contributed by atoms with Crippen LogP contribution in [0.1, 0.15) is 56.9 Å². The quantitative estimate of drug-likeness (QED) is 0.320. The second kappa shape index (κ2) is 11.3. The number of hydrogen-bond acceptors (Lipinski definition) is 5. The lowest BCUT2D eigenvalue weighted by atomic mass is 9.64. The molecule has 3 aromatic rings. The van der Waals surface area contributed by atoms with E-state index in [1.165, 1.54) is 17.9 Å². The molecule has 40 heavy (non-hydrogen) atoms. The van der Waals surface area contributed by atoms with Gasteiger partial charge in [-0.3, -0.25) is 4.79 Å². The van der Waals surface area contributed by atoms with Gasteiger partial charge in [-0.1, -0.05) is 56.3 Å². The fraction of sp³-hybridized carbons (Fsp3) is 0.414. The third-order valence-corrected chi connectivity index (χ3v) is 8.20. The number of amides is 2. The van der Waals surface area contributed by atoms with Crippen LogP contribution in [0.3, 0.4) is 0 Å². The van der Waals surface area contributed by atoms with Gasteiger partial charge in [-0.25, -0.2) is 13.6 Å². The number of halogens is 3. The van der Waals surface area contributed by atoms with Gasteiger partial charge in [0, 0.05) is 25.6 Å². The van der Waals surface area contributed by atoms with Crippen molar-refractivity contribution in [1.82, 2.24) is 15.4 Å². The number of piperidine rings is 1. The van der Waals surface area contributed by atoms with Crippen LogP contribution < -0.4 is 5.32 Å². The molecule has 4 rings (SSSR count). The zero-order valence-corrected chi connectivity index (χ0v) is 24.3. The van der Waals surface area contributed by atoms with Gasteiger partial charge in [0.2, 0.25) is 5.91 Å². The Morgan fingerprint density at radius 3 is 2.52 bits per heavy atom. The lowest BCUT2D eigenvalue weighted by Gasteiger charge is -2.53. The van der Waals surface area contributed by atoms with Crippen molar-refractivity contribution in [2.75, 3.05) is 13.1 Å². The van der Waals surface area contributed by atoms with E-state index in [2.05, 4.69) is 26.4 Å². The Morgan fingerprint density at radius 1 is 1.20 bits per heavy atom. The predicted octanol–water partition coefficient (Wildman–Crippen LogP) is 5.83. The summed E-state index contributed by atoms with van der Waals surface area (Å²) in [6.07, 6.45) is -0.738. The van der Waals surface area contributed by atoms with Crippen molar-refractivity contribution in [2.24, 2.45) is 5.41 Å². The number of nitrogens with zero attached hydrogens (tertiary/aromatic N) is 2. The molecule has 1 fully saturated rings. The Labute approximate surface area is 239 Å². The average molecular weight is 620 g/mol. The third-order valence-electron chi connectivity index (χ3n) is 7.44. The van der Waals surface area contributed by atoms with Gasteiger partial charge in [0.1, 0.15) is 11.3 Å². The summed E-state index contributed by atoms with van der Waals surface area (Å²) in [6, 6.07) is 9.82. The molecule has 2 aromatic carbocycles. The SMILES string of the molecule is CC(=O)NCCc1ccccc1-c1noc([C@H]2C(C(C)(C)C)N(C(=O)O)CC[C@]2(O)c2ccc(F)c(F)c2)c1Br. The van der Waals surface area contributed by atoms with Crippen LogP contribution in [0, 0.1) is 17.0 Å². The van der Waals surface area contributed by atoms with E-state index in [1.807, 2.05) is 45.0 Å². The molecule has 0 saturated carbocycles.